The summed E-state index contributed by atoms with van der Waals surface area (Å²) in [6, 6.07) is 5.89. The van der Waals surface area contributed by atoms with Gasteiger partial charge < -0.3 is 4.74 Å². The van der Waals surface area contributed by atoms with Crippen molar-refractivity contribution in [1.29, 1.82) is 0 Å². The van der Waals surface area contributed by atoms with Gasteiger partial charge in [0.1, 0.15) is 11.4 Å². The van der Waals surface area contributed by atoms with Gasteiger partial charge in [-0.15, -0.1) is 0 Å². The third-order valence-corrected chi connectivity index (χ3v) is 2.58. The average Bonchev–Trinajstić information content (AvgIpc) is 1.95. The van der Waals surface area contributed by atoms with Gasteiger partial charge in [-0.1, -0.05) is 6.07 Å². The van der Waals surface area contributed by atoms with E-state index in [1.807, 2.05) is 39.0 Å². The maximum absolute atomic E-state index is 5.77. The first-order valence-corrected chi connectivity index (χ1v) is 5.62. The Morgan fingerprint density at radius 2 is 1.54 bits per heavy atom. The minimum absolute atomic E-state index is 0.174. The van der Waals surface area contributed by atoms with Crippen LogP contribution in [0.1, 0.15) is 20.8 Å². The molecule has 0 spiro atoms. The van der Waals surface area contributed by atoms with E-state index in [0.29, 0.717) is 0 Å². The van der Waals surface area contributed by atoms with E-state index in [-0.39, 0.29) is 5.60 Å². The molecule has 0 aliphatic rings. The molecule has 3 heteroatoms. The van der Waals surface area contributed by atoms with Gasteiger partial charge in [-0.25, -0.2) is 0 Å². The lowest BCUT2D eigenvalue weighted by Gasteiger charge is -2.22. The SMILES string of the molecule is CC(C)(C)Oc1c(Br)cccc1Br. The molecule has 1 aromatic rings. The van der Waals surface area contributed by atoms with Crippen LogP contribution in [0.3, 0.4) is 0 Å². The lowest BCUT2D eigenvalue weighted by Crippen LogP contribution is -2.23. The zero-order valence-corrected chi connectivity index (χ0v) is 11.1. The molecule has 0 unspecified atom stereocenters. The fourth-order valence-electron chi connectivity index (χ4n) is 0.886. The second kappa shape index (κ2) is 4.01. The molecule has 0 radical (unpaired) electrons. The molecule has 0 atom stereocenters. The standard InChI is InChI=1S/C10H12Br2O/c1-10(2,3)13-9-7(11)5-4-6-8(9)12/h4-6H,1-3H3. The van der Waals surface area contributed by atoms with E-state index >= 15 is 0 Å². The van der Waals surface area contributed by atoms with Crippen molar-refractivity contribution in [2.75, 3.05) is 0 Å². The summed E-state index contributed by atoms with van der Waals surface area (Å²) in [6.45, 7) is 6.08. The highest BCUT2D eigenvalue weighted by molar-refractivity contribution is 9.11. The van der Waals surface area contributed by atoms with Crippen molar-refractivity contribution in [2.45, 2.75) is 26.4 Å². The van der Waals surface area contributed by atoms with Gasteiger partial charge in [0.15, 0.2) is 0 Å². The van der Waals surface area contributed by atoms with E-state index in [1.165, 1.54) is 0 Å². The van der Waals surface area contributed by atoms with Gasteiger partial charge in [-0.3, -0.25) is 0 Å². The third-order valence-electron chi connectivity index (χ3n) is 1.33. The molecule has 0 bridgehead atoms. The predicted molar refractivity (Wildman–Crippen MR) is 62.2 cm³/mol. The second-order valence-electron chi connectivity index (χ2n) is 3.77. The molecule has 0 amide bonds. The molecule has 0 heterocycles. The first kappa shape index (κ1) is 11.1. The van der Waals surface area contributed by atoms with E-state index < -0.39 is 0 Å². The summed E-state index contributed by atoms with van der Waals surface area (Å²) in [5.41, 5.74) is -0.174. The first-order chi connectivity index (χ1) is 5.90. The van der Waals surface area contributed by atoms with Crippen molar-refractivity contribution < 1.29 is 4.74 Å². The van der Waals surface area contributed by atoms with Crippen LogP contribution in [0.4, 0.5) is 0 Å². The molecule has 1 rings (SSSR count). The van der Waals surface area contributed by atoms with Crippen LogP contribution in [-0.4, -0.2) is 5.60 Å². The van der Waals surface area contributed by atoms with Crippen LogP contribution in [0.25, 0.3) is 0 Å². The fraction of sp³-hybridized carbons (Fsp3) is 0.400. The molecule has 0 saturated heterocycles. The molecule has 0 saturated carbocycles. The van der Waals surface area contributed by atoms with E-state index in [9.17, 15) is 0 Å². The average molecular weight is 308 g/mol. The Bertz CT molecular complexity index is 282. The van der Waals surface area contributed by atoms with Crippen molar-refractivity contribution in [3.8, 4) is 5.75 Å². The Morgan fingerprint density at radius 1 is 1.08 bits per heavy atom. The normalized spacial score (nSPS) is 11.5. The van der Waals surface area contributed by atoms with Crippen LogP contribution < -0.4 is 4.74 Å². The van der Waals surface area contributed by atoms with Gasteiger partial charge in [0.25, 0.3) is 0 Å². The highest BCUT2D eigenvalue weighted by Crippen LogP contribution is 2.35. The number of halogens is 2. The predicted octanol–water partition coefficient (Wildman–Crippen LogP) is 4.39. The van der Waals surface area contributed by atoms with Crippen LogP contribution in [0.2, 0.25) is 0 Å². The largest absolute Gasteiger partial charge is 0.486 e. The van der Waals surface area contributed by atoms with Gasteiger partial charge in [-0.2, -0.15) is 0 Å². The topological polar surface area (TPSA) is 9.23 Å². The molecule has 0 aliphatic heterocycles. The van der Waals surface area contributed by atoms with Gasteiger partial charge >= 0.3 is 0 Å². The molecular formula is C10H12Br2O. The van der Waals surface area contributed by atoms with E-state index in [0.717, 1.165) is 14.7 Å². The summed E-state index contributed by atoms with van der Waals surface area (Å²) < 4.78 is 7.71. The lowest BCUT2D eigenvalue weighted by atomic mass is 10.2. The number of ether oxygens (including phenoxy) is 1. The molecule has 13 heavy (non-hydrogen) atoms. The molecule has 0 N–H and O–H groups in total. The van der Waals surface area contributed by atoms with E-state index in [4.69, 9.17) is 4.74 Å². The third kappa shape index (κ3) is 3.31. The maximum Gasteiger partial charge on any atom is 0.148 e. The van der Waals surface area contributed by atoms with Crippen molar-refractivity contribution in [2.24, 2.45) is 0 Å². The summed E-state index contributed by atoms with van der Waals surface area (Å²) in [6.07, 6.45) is 0. The van der Waals surface area contributed by atoms with Crippen LogP contribution in [-0.2, 0) is 0 Å². The van der Waals surface area contributed by atoms with Gasteiger partial charge in [-0.05, 0) is 64.8 Å². The highest BCUT2D eigenvalue weighted by atomic mass is 79.9. The van der Waals surface area contributed by atoms with E-state index in [1.54, 1.807) is 0 Å². The van der Waals surface area contributed by atoms with Gasteiger partial charge in [0.2, 0.25) is 0 Å². The summed E-state index contributed by atoms with van der Waals surface area (Å²) in [7, 11) is 0. The molecule has 1 nitrogen and oxygen atoms in total. The van der Waals surface area contributed by atoms with Crippen LogP contribution >= 0.6 is 31.9 Å². The first-order valence-electron chi connectivity index (χ1n) is 4.03. The summed E-state index contributed by atoms with van der Waals surface area (Å²) in [4.78, 5) is 0. The second-order valence-corrected chi connectivity index (χ2v) is 5.47. The Morgan fingerprint density at radius 3 is 1.92 bits per heavy atom. The lowest BCUT2D eigenvalue weighted by molar-refractivity contribution is 0.128. The molecule has 0 aliphatic carbocycles. The molecule has 0 aromatic heterocycles. The summed E-state index contributed by atoms with van der Waals surface area (Å²) >= 11 is 6.89. The molecule has 0 fully saturated rings. The smallest absolute Gasteiger partial charge is 0.148 e. The van der Waals surface area contributed by atoms with Gasteiger partial charge in [0, 0.05) is 0 Å². The number of benzene rings is 1. The zero-order chi connectivity index (χ0) is 10.1. The monoisotopic (exact) mass is 306 g/mol. The van der Waals surface area contributed by atoms with Crippen LogP contribution in [0.15, 0.2) is 27.1 Å². The van der Waals surface area contributed by atoms with Crippen molar-refractivity contribution >= 4 is 31.9 Å². The van der Waals surface area contributed by atoms with Crippen molar-refractivity contribution in [3.05, 3.63) is 27.1 Å². The molecule has 1 aromatic carbocycles. The number of para-hydroxylation sites is 1. The fourth-order valence-corrected chi connectivity index (χ4v) is 2.05. The minimum Gasteiger partial charge on any atom is -0.486 e. The maximum atomic E-state index is 5.77. The van der Waals surface area contributed by atoms with Crippen molar-refractivity contribution in [1.82, 2.24) is 0 Å². The summed E-state index contributed by atoms with van der Waals surface area (Å²) in [5, 5.41) is 0. The Labute approximate surface area is 95.7 Å². The van der Waals surface area contributed by atoms with Crippen LogP contribution in [0, 0.1) is 0 Å². The quantitative estimate of drug-likeness (QED) is 0.748. The minimum atomic E-state index is -0.174. The number of rotatable bonds is 1. The zero-order valence-electron chi connectivity index (χ0n) is 7.90. The number of hydrogen-bond acceptors (Lipinski definition) is 1. The van der Waals surface area contributed by atoms with Crippen LogP contribution in [0.5, 0.6) is 5.75 Å². The van der Waals surface area contributed by atoms with Gasteiger partial charge in [0.05, 0.1) is 8.95 Å². The Kier molecular flexibility index (Phi) is 3.41. The number of hydrogen-bond donors (Lipinski definition) is 0. The molecular weight excluding hydrogens is 296 g/mol. The summed E-state index contributed by atoms with van der Waals surface area (Å²) in [5.74, 6) is 0.856. The van der Waals surface area contributed by atoms with E-state index in [2.05, 4.69) is 31.9 Å². The molecule has 72 valence electrons. The Hall–Kier alpha value is -0.0200. The Balaban J connectivity index is 3.00. The highest BCUT2D eigenvalue weighted by Gasteiger charge is 2.15. The van der Waals surface area contributed by atoms with Crippen molar-refractivity contribution in [3.63, 3.8) is 0 Å².